The Labute approximate surface area is 154 Å². The van der Waals surface area contributed by atoms with Gasteiger partial charge in [-0.25, -0.2) is 0 Å². The minimum atomic E-state index is -4.26. The SMILES string of the molecule is CCC[CH2][Ge](/[CH]=C/c1ccc(C(F)(F)F)cc1)([CH2]CCC)[CH2]CCC. The zero-order valence-corrected chi connectivity index (χ0v) is 18.1. The second-order valence-electron chi connectivity index (χ2n) is 7.13. The Balaban J connectivity index is 2.97. The number of alkyl halides is 3. The Kier molecular flexibility index (Phi) is 9.92. The molecule has 0 heterocycles. The van der Waals surface area contributed by atoms with Crippen LogP contribution in [0.1, 0.15) is 70.4 Å². The van der Waals surface area contributed by atoms with Crippen molar-refractivity contribution in [3.63, 3.8) is 0 Å². The van der Waals surface area contributed by atoms with Crippen molar-refractivity contribution in [1.29, 1.82) is 0 Å². The second kappa shape index (κ2) is 11.1. The van der Waals surface area contributed by atoms with Gasteiger partial charge in [0.1, 0.15) is 0 Å². The summed E-state index contributed by atoms with van der Waals surface area (Å²) in [4.78, 5) is 2.48. The van der Waals surface area contributed by atoms with Gasteiger partial charge in [0, 0.05) is 0 Å². The molecular formula is C21H33F3Ge. The molecule has 0 unspecified atom stereocenters. The molecular weight excluding hydrogens is 382 g/mol. The number of rotatable bonds is 11. The Hall–Kier alpha value is -0.707. The summed E-state index contributed by atoms with van der Waals surface area (Å²) >= 11 is -2.08. The van der Waals surface area contributed by atoms with Gasteiger partial charge in [-0.2, -0.15) is 0 Å². The van der Waals surface area contributed by atoms with Crippen LogP contribution in [0, 0.1) is 0 Å². The molecule has 0 fully saturated rings. The third-order valence-corrected chi connectivity index (χ3v) is 15.3. The molecule has 1 aromatic carbocycles. The minimum absolute atomic E-state index is 0.569. The third-order valence-electron chi connectivity index (χ3n) is 4.95. The van der Waals surface area contributed by atoms with Crippen molar-refractivity contribution in [2.24, 2.45) is 0 Å². The standard InChI is InChI=1S/C21H33F3Ge/c1-4-7-15-25(16-8-5-2,17-9-6-3)18-14-19-10-12-20(13-11-19)21(22,23)24/h10-14,18H,4-9,15-17H2,1-3H3/b18-14+. The van der Waals surface area contributed by atoms with Crippen molar-refractivity contribution in [2.75, 3.05) is 0 Å². The summed E-state index contributed by atoms with van der Waals surface area (Å²) in [5.74, 6) is 0. The van der Waals surface area contributed by atoms with Crippen LogP contribution in [0.3, 0.4) is 0 Å². The van der Waals surface area contributed by atoms with Crippen molar-refractivity contribution in [3.05, 3.63) is 40.3 Å². The van der Waals surface area contributed by atoms with Crippen LogP contribution in [0.2, 0.25) is 15.8 Å². The van der Waals surface area contributed by atoms with E-state index in [1.807, 2.05) is 0 Å². The molecule has 1 aromatic rings. The Morgan fingerprint density at radius 3 is 1.60 bits per heavy atom. The van der Waals surface area contributed by atoms with E-state index in [-0.39, 0.29) is 0 Å². The first-order valence-corrected chi connectivity index (χ1v) is 15.4. The predicted octanol–water partition coefficient (Wildman–Crippen LogP) is 8.11. The van der Waals surface area contributed by atoms with Gasteiger partial charge < -0.3 is 0 Å². The molecule has 0 bridgehead atoms. The molecule has 0 spiro atoms. The summed E-state index contributed by atoms with van der Waals surface area (Å²) in [5.41, 5.74) is 0.327. The average Bonchev–Trinajstić information content (AvgIpc) is 2.60. The van der Waals surface area contributed by atoms with E-state index in [2.05, 4.69) is 31.8 Å². The first-order chi connectivity index (χ1) is 11.9. The maximum atomic E-state index is 12.7. The monoisotopic (exact) mass is 416 g/mol. The fourth-order valence-corrected chi connectivity index (χ4v) is 13.7. The zero-order chi connectivity index (χ0) is 18.8. The van der Waals surface area contributed by atoms with Crippen molar-refractivity contribution in [2.45, 2.75) is 81.2 Å². The van der Waals surface area contributed by atoms with E-state index in [4.69, 9.17) is 0 Å². The summed E-state index contributed by atoms with van der Waals surface area (Å²) in [5, 5.41) is 4.06. The quantitative estimate of drug-likeness (QED) is 0.321. The van der Waals surface area contributed by atoms with Crippen LogP contribution in [-0.4, -0.2) is 13.3 Å². The van der Waals surface area contributed by atoms with E-state index in [9.17, 15) is 13.2 Å². The van der Waals surface area contributed by atoms with Gasteiger partial charge >= 0.3 is 154 Å². The van der Waals surface area contributed by atoms with Gasteiger partial charge in [0.15, 0.2) is 0 Å². The Bertz CT molecular complexity index is 481. The van der Waals surface area contributed by atoms with E-state index in [0.717, 1.165) is 5.56 Å². The van der Waals surface area contributed by atoms with Gasteiger partial charge in [0.25, 0.3) is 0 Å². The van der Waals surface area contributed by atoms with Gasteiger partial charge in [0.05, 0.1) is 0 Å². The van der Waals surface area contributed by atoms with Crippen molar-refractivity contribution in [1.82, 2.24) is 0 Å². The molecule has 1 rings (SSSR count). The molecule has 4 heteroatoms. The van der Waals surface area contributed by atoms with Crippen LogP contribution in [0.4, 0.5) is 13.2 Å². The van der Waals surface area contributed by atoms with Gasteiger partial charge in [-0.3, -0.25) is 0 Å². The molecule has 0 N–H and O–H groups in total. The maximum absolute atomic E-state index is 12.7. The average molecular weight is 415 g/mol. The molecule has 0 saturated heterocycles. The summed E-state index contributed by atoms with van der Waals surface area (Å²) in [6.07, 6.45) is 5.37. The van der Waals surface area contributed by atoms with Crippen molar-refractivity contribution >= 4 is 19.3 Å². The summed E-state index contributed by atoms with van der Waals surface area (Å²) in [7, 11) is 0. The third kappa shape index (κ3) is 8.02. The summed E-state index contributed by atoms with van der Waals surface area (Å²) in [6, 6.07) is 5.59. The normalized spacial score (nSPS) is 12.9. The molecule has 0 saturated carbocycles. The molecule has 0 radical (unpaired) electrons. The van der Waals surface area contributed by atoms with Crippen LogP contribution in [-0.2, 0) is 6.18 Å². The zero-order valence-electron chi connectivity index (χ0n) is 16.0. The van der Waals surface area contributed by atoms with Gasteiger partial charge in [-0.05, 0) is 0 Å². The fraction of sp³-hybridized carbons (Fsp3) is 0.619. The van der Waals surface area contributed by atoms with E-state index < -0.39 is 25.0 Å². The molecule has 0 atom stereocenters. The first-order valence-electron chi connectivity index (χ1n) is 9.73. The molecule has 0 aliphatic heterocycles. The molecule has 0 aliphatic carbocycles. The summed E-state index contributed by atoms with van der Waals surface area (Å²) < 4.78 is 38.1. The van der Waals surface area contributed by atoms with Gasteiger partial charge in [-0.15, -0.1) is 0 Å². The molecule has 25 heavy (non-hydrogen) atoms. The number of hydrogen-bond acceptors (Lipinski definition) is 0. The van der Waals surface area contributed by atoms with E-state index in [1.54, 1.807) is 12.1 Å². The van der Waals surface area contributed by atoms with E-state index >= 15 is 0 Å². The van der Waals surface area contributed by atoms with E-state index in [1.165, 1.54) is 66.4 Å². The first kappa shape index (κ1) is 22.3. The Morgan fingerprint density at radius 1 is 0.800 bits per heavy atom. The van der Waals surface area contributed by atoms with Crippen molar-refractivity contribution in [3.8, 4) is 0 Å². The Morgan fingerprint density at radius 2 is 1.24 bits per heavy atom. The molecule has 142 valence electrons. The number of benzene rings is 1. The molecule has 0 aromatic heterocycles. The molecule has 0 aliphatic rings. The predicted molar refractivity (Wildman–Crippen MR) is 105 cm³/mol. The van der Waals surface area contributed by atoms with Crippen LogP contribution in [0.25, 0.3) is 6.08 Å². The molecule has 0 nitrogen and oxygen atoms in total. The van der Waals surface area contributed by atoms with Crippen LogP contribution < -0.4 is 0 Å². The van der Waals surface area contributed by atoms with E-state index in [0.29, 0.717) is 0 Å². The molecule has 0 amide bonds. The van der Waals surface area contributed by atoms with Gasteiger partial charge in [-0.1, -0.05) is 0 Å². The second-order valence-corrected chi connectivity index (χ2v) is 16.7. The van der Waals surface area contributed by atoms with Crippen LogP contribution >= 0.6 is 0 Å². The van der Waals surface area contributed by atoms with Crippen LogP contribution in [0.15, 0.2) is 29.2 Å². The van der Waals surface area contributed by atoms with Crippen LogP contribution in [0.5, 0.6) is 0 Å². The fourth-order valence-electron chi connectivity index (χ4n) is 3.27. The number of halogens is 3. The topological polar surface area (TPSA) is 0 Å². The number of unbranched alkanes of at least 4 members (excludes halogenated alkanes) is 3. The summed E-state index contributed by atoms with van der Waals surface area (Å²) in [6.45, 7) is 6.73. The number of hydrogen-bond donors (Lipinski definition) is 0. The van der Waals surface area contributed by atoms with Gasteiger partial charge in [0.2, 0.25) is 0 Å². The van der Waals surface area contributed by atoms with Crippen molar-refractivity contribution < 1.29 is 13.2 Å².